The molecular weight excluding hydrogens is 202 g/mol. The van der Waals surface area contributed by atoms with E-state index in [-0.39, 0.29) is 0 Å². The highest BCUT2D eigenvalue weighted by molar-refractivity contribution is 5.83. The fourth-order valence-electron chi connectivity index (χ4n) is 1.70. The molecule has 0 bridgehead atoms. The molecular formula is C12H27N3O. The summed E-state index contributed by atoms with van der Waals surface area (Å²) in [6, 6.07) is 0. The predicted molar refractivity (Wildman–Crippen MR) is 68.0 cm³/mol. The van der Waals surface area contributed by atoms with Gasteiger partial charge in [0.2, 0.25) is 5.91 Å². The van der Waals surface area contributed by atoms with Crippen LogP contribution < -0.4 is 11.5 Å². The lowest BCUT2D eigenvalue weighted by atomic mass is 9.95. The summed E-state index contributed by atoms with van der Waals surface area (Å²) < 4.78 is 0. The minimum Gasteiger partial charge on any atom is -0.368 e. The SMILES string of the molecule is CCCN(CC)CCCCC(C)(N)C(N)=O. The third kappa shape index (κ3) is 6.08. The Balaban J connectivity index is 3.70. The maximum atomic E-state index is 11.0. The number of unbranched alkanes of at least 4 members (excludes halogenated alkanes) is 1. The third-order valence-corrected chi connectivity index (χ3v) is 2.97. The average Bonchev–Trinajstić information content (AvgIpc) is 2.22. The van der Waals surface area contributed by atoms with Gasteiger partial charge in [-0.3, -0.25) is 4.79 Å². The van der Waals surface area contributed by atoms with E-state index in [1.165, 1.54) is 6.42 Å². The van der Waals surface area contributed by atoms with Gasteiger partial charge < -0.3 is 16.4 Å². The second-order valence-corrected chi connectivity index (χ2v) is 4.67. The van der Waals surface area contributed by atoms with Crippen molar-refractivity contribution in [1.29, 1.82) is 0 Å². The number of nitrogens with zero attached hydrogens (tertiary/aromatic N) is 1. The average molecular weight is 229 g/mol. The van der Waals surface area contributed by atoms with Gasteiger partial charge in [-0.2, -0.15) is 0 Å². The molecule has 0 fully saturated rings. The molecule has 96 valence electrons. The standard InChI is InChI=1S/C12H27N3O/c1-4-9-15(5-2)10-7-6-8-12(3,14)11(13)16/h4-10,14H2,1-3H3,(H2,13,16). The van der Waals surface area contributed by atoms with E-state index in [1.54, 1.807) is 6.92 Å². The van der Waals surface area contributed by atoms with Crippen molar-refractivity contribution in [1.82, 2.24) is 4.90 Å². The Morgan fingerprint density at radius 2 is 1.88 bits per heavy atom. The van der Waals surface area contributed by atoms with E-state index in [9.17, 15) is 4.79 Å². The summed E-state index contributed by atoms with van der Waals surface area (Å²) in [4.78, 5) is 13.4. The van der Waals surface area contributed by atoms with E-state index in [1.807, 2.05) is 0 Å². The first-order valence-corrected chi connectivity index (χ1v) is 6.25. The lowest BCUT2D eigenvalue weighted by Gasteiger charge is -2.22. The van der Waals surface area contributed by atoms with Gasteiger partial charge >= 0.3 is 0 Å². The van der Waals surface area contributed by atoms with E-state index >= 15 is 0 Å². The number of hydrogen-bond acceptors (Lipinski definition) is 3. The van der Waals surface area contributed by atoms with Gasteiger partial charge in [0.1, 0.15) is 0 Å². The monoisotopic (exact) mass is 229 g/mol. The molecule has 0 saturated carbocycles. The molecule has 0 aromatic carbocycles. The number of carbonyl (C=O) groups is 1. The first-order valence-electron chi connectivity index (χ1n) is 6.25. The molecule has 0 heterocycles. The normalized spacial score (nSPS) is 15.1. The summed E-state index contributed by atoms with van der Waals surface area (Å²) in [5.74, 6) is -0.409. The van der Waals surface area contributed by atoms with Crippen molar-refractivity contribution in [3.05, 3.63) is 0 Å². The van der Waals surface area contributed by atoms with Gasteiger partial charge in [0.15, 0.2) is 0 Å². The molecule has 4 nitrogen and oxygen atoms in total. The first kappa shape index (κ1) is 15.4. The highest BCUT2D eigenvalue weighted by atomic mass is 16.1. The molecule has 0 rings (SSSR count). The quantitative estimate of drug-likeness (QED) is 0.581. The lowest BCUT2D eigenvalue weighted by Crippen LogP contribution is -2.49. The minimum absolute atomic E-state index is 0.409. The van der Waals surface area contributed by atoms with Crippen molar-refractivity contribution < 1.29 is 4.79 Å². The van der Waals surface area contributed by atoms with Gasteiger partial charge in [-0.25, -0.2) is 0 Å². The van der Waals surface area contributed by atoms with Crippen LogP contribution >= 0.6 is 0 Å². The highest BCUT2D eigenvalue weighted by Gasteiger charge is 2.24. The number of hydrogen-bond donors (Lipinski definition) is 2. The van der Waals surface area contributed by atoms with Crippen molar-refractivity contribution in [2.75, 3.05) is 19.6 Å². The molecule has 0 radical (unpaired) electrons. The number of carbonyl (C=O) groups excluding carboxylic acids is 1. The second kappa shape index (κ2) is 7.63. The number of rotatable bonds is 9. The predicted octanol–water partition coefficient (Wildman–Crippen LogP) is 1.09. The molecule has 0 aliphatic rings. The van der Waals surface area contributed by atoms with Gasteiger partial charge in [-0.15, -0.1) is 0 Å². The van der Waals surface area contributed by atoms with Gasteiger partial charge in [0.05, 0.1) is 5.54 Å². The van der Waals surface area contributed by atoms with Crippen LogP contribution in [0.4, 0.5) is 0 Å². The molecule has 4 N–H and O–H groups in total. The Bertz CT molecular complexity index is 204. The van der Waals surface area contributed by atoms with E-state index in [2.05, 4.69) is 18.7 Å². The zero-order chi connectivity index (χ0) is 12.6. The van der Waals surface area contributed by atoms with E-state index in [0.29, 0.717) is 6.42 Å². The Hall–Kier alpha value is -0.610. The molecule has 4 heteroatoms. The number of amides is 1. The van der Waals surface area contributed by atoms with Gasteiger partial charge in [0.25, 0.3) is 0 Å². The number of nitrogens with two attached hydrogens (primary N) is 2. The first-order chi connectivity index (χ1) is 7.44. The molecule has 1 atom stereocenters. The van der Waals surface area contributed by atoms with Crippen molar-refractivity contribution >= 4 is 5.91 Å². The van der Waals surface area contributed by atoms with Crippen LogP contribution in [0, 0.1) is 0 Å². The molecule has 0 saturated heterocycles. The summed E-state index contributed by atoms with van der Waals surface area (Å²) in [6.45, 7) is 9.38. The van der Waals surface area contributed by atoms with Crippen LogP contribution in [0.3, 0.4) is 0 Å². The summed E-state index contributed by atoms with van der Waals surface area (Å²) in [6.07, 6.45) is 3.89. The summed E-state index contributed by atoms with van der Waals surface area (Å²) in [5, 5.41) is 0. The summed E-state index contributed by atoms with van der Waals surface area (Å²) >= 11 is 0. The Labute approximate surface area is 99.4 Å². The van der Waals surface area contributed by atoms with Crippen molar-refractivity contribution in [3.8, 4) is 0 Å². The zero-order valence-electron chi connectivity index (χ0n) is 11.0. The highest BCUT2D eigenvalue weighted by Crippen LogP contribution is 2.10. The minimum atomic E-state index is -0.845. The van der Waals surface area contributed by atoms with Crippen LogP contribution in [0.15, 0.2) is 0 Å². The number of primary amides is 1. The van der Waals surface area contributed by atoms with Crippen LogP contribution in [-0.2, 0) is 4.79 Å². The molecule has 16 heavy (non-hydrogen) atoms. The Kier molecular flexibility index (Phi) is 7.34. The maximum absolute atomic E-state index is 11.0. The topological polar surface area (TPSA) is 72.3 Å². The lowest BCUT2D eigenvalue weighted by molar-refractivity contribution is -0.122. The van der Waals surface area contributed by atoms with Crippen LogP contribution in [0.1, 0.15) is 46.5 Å². The molecule has 0 aromatic rings. The molecule has 0 spiro atoms. The third-order valence-electron chi connectivity index (χ3n) is 2.97. The molecule has 0 aliphatic carbocycles. The van der Waals surface area contributed by atoms with Crippen molar-refractivity contribution in [2.24, 2.45) is 11.5 Å². The zero-order valence-corrected chi connectivity index (χ0v) is 11.0. The van der Waals surface area contributed by atoms with E-state index in [4.69, 9.17) is 11.5 Å². The Morgan fingerprint density at radius 3 is 2.31 bits per heavy atom. The Morgan fingerprint density at radius 1 is 1.25 bits per heavy atom. The van der Waals surface area contributed by atoms with Crippen molar-refractivity contribution in [2.45, 2.75) is 52.0 Å². The van der Waals surface area contributed by atoms with Gasteiger partial charge in [0, 0.05) is 0 Å². The molecule has 0 aliphatic heterocycles. The fraction of sp³-hybridized carbons (Fsp3) is 0.917. The largest absolute Gasteiger partial charge is 0.368 e. The summed E-state index contributed by atoms with van der Waals surface area (Å²) in [5.41, 5.74) is 10.1. The molecule has 0 aromatic heterocycles. The fourth-order valence-corrected chi connectivity index (χ4v) is 1.70. The van der Waals surface area contributed by atoms with Gasteiger partial charge in [-0.1, -0.05) is 13.8 Å². The van der Waals surface area contributed by atoms with Crippen LogP contribution in [0.25, 0.3) is 0 Å². The van der Waals surface area contributed by atoms with Crippen LogP contribution in [0.5, 0.6) is 0 Å². The van der Waals surface area contributed by atoms with E-state index < -0.39 is 11.4 Å². The second-order valence-electron chi connectivity index (χ2n) is 4.67. The van der Waals surface area contributed by atoms with E-state index in [0.717, 1.165) is 32.5 Å². The van der Waals surface area contributed by atoms with Gasteiger partial charge in [-0.05, 0) is 52.2 Å². The van der Waals surface area contributed by atoms with Crippen molar-refractivity contribution in [3.63, 3.8) is 0 Å². The van der Waals surface area contributed by atoms with Crippen LogP contribution in [0.2, 0.25) is 0 Å². The maximum Gasteiger partial charge on any atom is 0.237 e. The molecule has 1 amide bonds. The molecule has 1 unspecified atom stereocenters. The van der Waals surface area contributed by atoms with Crippen LogP contribution in [-0.4, -0.2) is 36.0 Å². The smallest absolute Gasteiger partial charge is 0.237 e. The summed E-state index contributed by atoms with van der Waals surface area (Å²) in [7, 11) is 0.